The zero-order valence-corrected chi connectivity index (χ0v) is 28.8. The third-order valence-electron chi connectivity index (χ3n) is 10.2. The Bertz CT molecular complexity index is 1730. The summed E-state index contributed by atoms with van der Waals surface area (Å²) in [5, 5.41) is 1.15. The summed E-state index contributed by atoms with van der Waals surface area (Å²) in [5.41, 5.74) is 1.18. The molecule has 2 aliphatic rings. The third-order valence-corrected chi connectivity index (χ3v) is 14.7. The second-order valence-corrected chi connectivity index (χ2v) is 19.3. The number of hydrogen-bond acceptors (Lipinski definition) is 6. The van der Waals surface area contributed by atoms with E-state index in [4.69, 9.17) is 19.1 Å². The Morgan fingerprint density at radius 3 is 2.52 bits per heavy atom. The molecule has 6 rings (SSSR count). The van der Waals surface area contributed by atoms with E-state index in [-0.39, 0.29) is 40.6 Å². The Morgan fingerprint density at radius 1 is 1.09 bits per heavy atom. The van der Waals surface area contributed by atoms with Gasteiger partial charge in [-0.15, -0.1) is 0 Å². The van der Waals surface area contributed by atoms with Crippen molar-refractivity contribution >= 4 is 25.3 Å². The Kier molecular flexibility index (Phi) is 8.95. The third kappa shape index (κ3) is 6.69. The first-order valence-corrected chi connectivity index (χ1v) is 19.6. The van der Waals surface area contributed by atoms with Crippen molar-refractivity contribution in [2.24, 2.45) is 0 Å². The van der Waals surface area contributed by atoms with E-state index in [0.29, 0.717) is 25.4 Å². The average molecular weight is 642 g/mol. The fraction of sp³-hybridized carbons (Fsp3) is 0.500. The van der Waals surface area contributed by atoms with E-state index < -0.39 is 13.9 Å². The zero-order valence-electron chi connectivity index (χ0n) is 27.8. The Balaban J connectivity index is 1.34. The lowest BCUT2D eigenvalue weighted by atomic mass is 9.92. The number of amides is 1. The predicted octanol–water partition coefficient (Wildman–Crippen LogP) is 6.84. The standard InChI is InChI=1S/C36H47N5O4Si/c1-35(2,3)46(4,5)45-23-22-40(28-15-16-28)34(43)30-31(44-25-26-12-7-6-8-13-26)33(42)39-29(38-30)24-36(18-9-10-19-36)41-21-17-27-14-11-20-37-32(27)41/h6-8,11-14,17,20-21,28H,9-10,15-16,18-19,22-25H2,1-5H3,(H,38,39,42). The molecule has 0 bridgehead atoms. The number of rotatable bonds is 12. The van der Waals surface area contributed by atoms with Gasteiger partial charge in [0.05, 0.1) is 12.1 Å². The topological polar surface area (TPSA) is 102 Å². The number of nitrogens with zero attached hydrogens (tertiary/aromatic N) is 4. The van der Waals surface area contributed by atoms with Crippen LogP contribution in [0.3, 0.4) is 0 Å². The fourth-order valence-corrected chi connectivity index (χ4v) is 7.42. The molecule has 1 aromatic carbocycles. The fourth-order valence-electron chi connectivity index (χ4n) is 6.39. The number of aromatic nitrogens is 4. The number of aromatic amines is 1. The number of H-pyrrole nitrogens is 1. The van der Waals surface area contributed by atoms with Gasteiger partial charge in [0.25, 0.3) is 11.5 Å². The largest absolute Gasteiger partial charge is 0.481 e. The van der Waals surface area contributed by atoms with E-state index in [1.54, 1.807) is 0 Å². The second-order valence-electron chi connectivity index (χ2n) is 14.5. The van der Waals surface area contributed by atoms with Crippen molar-refractivity contribution in [3.05, 3.63) is 88.4 Å². The number of ether oxygens (including phenoxy) is 1. The van der Waals surface area contributed by atoms with Gasteiger partial charge in [-0.3, -0.25) is 9.59 Å². The van der Waals surface area contributed by atoms with Crippen LogP contribution in [0, 0.1) is 0 Å². The molecule has 0 aliphatic heterocycles. The molecule has 3 heterocycles. The van der Waals surface area contributed by atoms with Gasteiger partial charge in [0.1, 0.15) is 18.1 Å². The maximum absolute atomic E-state index is 14.4. The molecule has 4 aromatic rings. The first kappa shape index (κ1) is 32.2. The van der Waals surface area contributed by atoms with Gasteiger partial charge < -0.3 is 23.6 Å². The summed E-state index contributed by atoms with van der Waals surface area (Å²) < 4.78 is 14.8. The zero-order chi connectivity index (χ0) is 32.5. The van der Waals surface area contributed by atoms with Crippen LogP contribution in [0.2, 0.25) is 18.1 Å². The maximum atomic E-state index is 14.4. The summed E-state index contributed by atoms with van der Waals surface area (Å²) in [4.78, 5) is 42.7. The van der Waals surface area contributed by atoms with Crippen molar-refractivity contribution < 1.29 is 14.0 Å². The van der Waals surface area contributed by atoms with Gasteiger partial charge >= 0.3 is 0 Å². The summed E-state index contributed by atoms with van der Waals surface area (Å²) in [6, 6.07) is 15.9. The van der Waals surface area contributed by atoms with E-state index in [0.717, 1.165) is 55.1 Å². The monoisotopic (exact) mass is 641 g/mol. The van der Waals surface area contributed by atoms with Crippen LogP contribution in [-0.4, -0.2) is 57.8 Å². The van der Waals surface area contributed by atoms with Crippen LogP contribution < -0.4 is 10.3 Å². The van der Waals surface area contributed by atoms with Gasteiger partial charge in [0.2, 0.25) is 5.75 Å². The molecule has 10 heteroatoms. The summed E-state index contributed by atoms with van der Waals surface area (Å²) in [6.07, 6.45) is 10.3. The first-order chi connectivity index (χ1) is 22.0. The molecule has 0 atom stereocenters. The quantitative estimate of drug-likeness (QED) is 0.170. The molecule has 1 N–H and O–H groups in total. The summed E-state index contributed by atoms with van der Waals surface area (Å²) in [6.45, 7) is 12.1. The number of hydrogen-bond donors (Lipinski definition) is 1. The molecule has 9 nitrogen and oxygen atoms in total. The average Bonchev–Trinajstić information content (AvgIpc) is 3.59. The molecule has 2 saturated carbocycles. The van der Waals surface area contributed by atoms with Crippen LogP contribution in [0.15, 0.2) is 65.7 Å². The number of fused-ring (bicyclic) bond motifs is 1. The van der Waals surface area contributed by atoms with Crippen LogP contribution in [0.1, 0.15) is 81.2 Å². The highest BCUT2D eigenvalue weighted by Gasteiger charge is 2.41. The minimum atomic E-state index is -2.00. The van der Waals surface area contributed by atoms with Crippen molar-refractivity contribution in [3.8, 4) is 5.75 Å². The molecule has 0 spiro atoms. The van der Waals surface area contributed by atoms with Crippen molar-refractivity contribution in [2.45, 2.75) is 102 Å². The van der Waals surface area contributed by atoms with Crippen LogP contribution in [0.5, 0.6) is 5.75 Å². The van der Waals surface area contributed by atoms with E-state index >= 15 is 0 Å². The summed E-state index contributed by atoms with van der Waals surface area (Å²) in [7, 11) is -2.00. The number of pyridine rings is 1. The molecule has 1 amide bonds. The van der Waals surface area contributed by atoms with Crippen molar-refractivity contribution in [2.75, 3.05) is 13.2 Å². The molecule has 2 aliphatic carbocycles. The normalized spacial score (nSPS) is 16.5. The van der Waals surface area contributed by atoms with Crippen LogP contribution >= 0.6 is 0 Å². The number of carbonyl (C=O) groups excluding carboxylic acids is 1. The maximum Gasteiger partial charge on any atom is 0.294 e. The van der Waals surface area contributed by atoms with E-state index in [1.165, 1.54) is 0 Å². The second kappa shape index (κ2) is 12.8. The lowest BCUT2D eigenvalue weighted by Crippen LogP contribution is -2.44. The van der Waals surface area contributed by atoms with Crippen molar-refractivity contribution in [1.82, 2.24) is 24.4 Å². The summed E-state index contributed by atoms with van der Waals surface area (Å²) in [5.74, 6) is 0.195. The number of nitrogens with one attached hydrogen (secondary N) is 1. The SMILES string of the molecule is CC(C)(C)[Si](C)(C)OCCN(C(=O)c1nc(CC2(n3ccc4cccnc43)CCCC2)[nH]c(=O)c1OCc1ccccc1)C1CC1. The van der Waals surface area contributed by atoms with Crippen LogP contribution in [0.25, 0.3) is 11.0 Å². The Morgan fingerprint density at radius 2 is 1.83 bits per heavy atom. The van der Waals surface area contributed by atoms with Gasteiger partial charge in [-0.05, 0) is 67.6 Å². The molecule has 46 heavy (non-hydrogen) atoms. The van der Waals surface area contributed by atoms with Gasteiger partial charge in [-0.1, -0.05) is 63.9 Å². The summed E-state index contributed by atoms with van der Waals surface area (Å²) >= 11 is 0. The van der Waals surface area contributed by atoms with E-state index in [1.807, 2.05) is 47.5 Å². The van der Waals surface area contributed by atoms with Crippen LogP contribution in [-0.2, 0) is 23.0 Å². The number of carbonyl (C=O) groups is 1. The predicted molar refractivity (Wildman–Crippen MR) is 183 cm³/mol. The Hall–Kier alpha value is -3.76. The minimum absolute atomic E-state index is 0.0258. The van der Waals surface area contributed by atoms with Crippen molar-refractivity contribution in [3.63, 3.8) is 0 Å². The smallest absolute Gasteiger partial charge is 0.294 e. The highest BCUT2D eigenvalue weighted by molar-refractivity contribution is 6.74. The van der Waals surface area contributed by atoms with Gasteiger partial charge in [-0.25, -0.2) is 9.97 Å². The Labute approximate surface area is 272 Å². The van der Waals surface area contributed by atoms with Gasteiger partial charge in [-0.2, -0.15) is 0 Å². The van der Waals surface area contributed by atoms with E-state index in [2.05, 4.69) is 61.7 Å². The molecular weight excluding hydrogens is 595 g/mol. The molecule has 3 aromatic heterocycles. The molecule has 0 saturated heterocycles. The molecule has 0 unspecified atom stereocenters. The highest BCUT2D eigenvalue weighted by atomic mass is 28.4. The van der Waals surface area contributed by atoms with Crippen molar-refractivity contribution in [1.29, 1.82) is 0 Å². The lowest BCUT2D eigenvalue weighted by molar-refractivity contribution is 0.0698. The lowest BCUT2D eigenvalue weighted by Gasteiger charge is -2.37. The molecular formula is C36H47N5O4Si. The van der Waals surface area contributed by atoms with Gasteiger partial charge in [0, 0.05) is 36.8 Å². The first-order valence-electron chi connectivity index (χ1n) is 16.6. The van der Waals surface area contributed by atoms with Gasteiger partial charge in [0.15, 0.2) is 14.0 Å². The molecule has 244 valence electrons. The van der Waals surface area contributed by atoms with E-state index in [9.17, 15) is 9.59 Å². The number of benzene rings is 1. The molecule has 0 radical (unpaired) electrons. The highest BCUT2D eigenvalue weighted by Crippen LogP contribution is 2.41. The minimum Gasteiger partial charge on any atom is -0.481 e. The van der Waals surface area contributed by atoms with Crippen LogP contribution in [0.4, 0.5) is 0 Å². The molecule has 2 fully saturated rings.